The number of amides is 1. The second kappa shape index (κ2) is 8.78. The van der Waals surface area contributed by atoms with Crippen LogP contribution in [0.15, 0.2) is 36.4 Å². The molecule has 0 radical (unpaired) electrons. The minimum absolute atomic E-state index is 0.0533. The average Bonchev–Trinajstić information content (AvgIpc) is 2.75. The maximum absolute atomic E-state index is 12.8. The molecular formula is C21H26ClN5O. The highest BCUT2D eigenvalue weighted by Crippen LogP contribution is 2.22. The first-order chi connectivity index (χ1) is 13.7. The van der Waals surface area contributed by atoms with Gasteiger partial charge in [-0.2, -0.15) is 0 Å². The topological polar surface area (TPSA) is 61.4 Å². The zero-order valence-electron chi connectivity index (χ0n) is 16.0. The van der Waals surface area contributed by atoms with Crippen LogP contribution < -0.4 is 10.2 Å². The highest BCUT2D eigenvalue weighted by atomic mass is 35.5. The first-order valence-corrected chi connectivity index (χ1v) is 10.5. The lowest BCUT2D eigenvalue weighted by molar-refractivity contribution is 0.0739. The van der Waals surface area contributed by atoms with E-state index in [1.807, 2.05) is 35.2 Å². The molecule has 4 rings (SSSR count). The lowest BCUT2D eigenvalue weighted by atomic mass is 9.95. The van der Waals surface area contributed by atoms with Gasteiger partial charge in [0, 0.05) is 42.9 Å². The molecule has 2 aromatic rings. The van der Waals surface area contributed by atoms with Crippen molar-refractivity contribution in [1.29, 1.82) is 0 Å². The van der Waals surface area contributed by atoms with Gasteiger partial charge < -0.3 is 15.1 Å². The number of rotatable bonds is 4. The van der Waals surface area contributed by atoms with Gasteiger partial charge in [-0.15, -0.1) is 10.2 Å². The molecule has 0 atom stereocenters. The Hall–Kier alpha value is -2.34. The highest BCUT2D eigenvalue weighted by Gasteiger charge is 2.23. The molecule has 1 aliphatic heterocycles. The Balaban J connectivity index is 1.32. The SMILES string of the molecule is O=C(c1ccc(NC2CCCCC2)nn1)N1CCN(c2cccc(Cl)c2)CC1. The molecule has 1 aromatic heterocycles. The van der Waals surface area contributed by atoms with Gasteiger partial charge in [-0.1, -0.05) is 36.9 Å². The minimum atomic E-state index is -0.0533. The summed E-state index contributed by atoms with van der Waals surface area (Å²) in [5.74, 6) is 0.705. The van der Waals surface area contributed by atoms with Crippen molar-refractivity contribution < 1.29 is 4.79 Å². The second-order valence-corrected chi connectivity index (χ2v) is 7.98. The van der Waals surface area contributed by atoms with Crippen molar-refractivity contribution in [2.24, 2.45) is 0 Å². The van der Waals surface area contributed by atoms with Crippen LogP contribution in [0.1, 0.15) is 42.6 Å². The van der Waals surface area contributed by atoms with E-state index in [1.54, 1.807) is 6.07 Å². The first-order valence-electron chi connectivity index (χ1n) is 10.1. The molecule has 28 heavy (non-hydrogen) atoms. The Bertz CT molecular complexity index is 799. The summed E-state index contributed by atoms with van der Waals surface area (Å²) in [7, 11) is 0. The largest absolute Gasteiger partial charge is 0.368 e. The van der Waals surface area contributed by atoms with E-state index in [4.69, 9.17) is 11.6 Å². The van der Waals surface area contributed by atoms with Gasteiger partial charge in [-0.05, 0) is 43.2 Å². The summed E-state index contributed by atoms with van der Waals surface area (Å²) in [6.07, 6.45) is 6.21. The van der Waals surface area contributed by atoms with E-state index in [0.717, 1.165) is 29.6 Å². The molecule has 2 fully saturated rings. The third-order valence-corrected chi connectivity index (χ3v) is 5.82. The monoisotopic (exact) mass is 399 g/mol. The number of anilines is 2. The Morgan fingerprint density at radius 1 is 1.00 bits per heavy atom. The van der Waals surface area contributed by atoms with Crippen LogP contribution >= 0.6 is 11.6 Å². The molecule has 6 nitrogen and oxygen atoms in total. The maximum Gasteiger partial charge on any atom is 0.274 e. The number of benzene rings is 1. The van der Waals surface area contributed by atoms with Gasteiger partial charge in [0.1, 0.15) is 5.82 Å². The lowest BCUT2D eigenvalue weighted by Crippen LogP contribution is -2.49. The van der Waals surface area contributed by atoms with Gasteiger partial charge in [-0.3, -0.25) is 4.79 Å². The van der Waals surface area contributed by atoms with Crippen LogP contribution in [0.3, 0.4) is 0 Å². The quantitative estimate of drug-likeness (QED) is 0.846. The van der Waals surface area contributed by atoms with Gasteiger partial charge >= 0.3 is 0 Å². The van der Waals surface area contributed by atoms with E-state index >= 15 is 0 Å². The fourth-order valence-electron chi connectivity index (χ4n) is 3.98. The molecule has 0 spiro atoms. The van der Waals surface area contributed by atoms with Crippen LogP contribution in [0.4, 0.5) is 11.5 Å². The summed E-state index contributed by atoms with van der Waals surface area (Å²) < 4.78 is 0. The molecule has 1 amide bonds. The van der Waals surface area contributed by atoms with Crippen LogP contribution in [-0.2, 0) is 0 Å². The Morgan fingerprint density at radius 2 is 1.79 bits per heavy atom. The number of hydrogen-bond acceptors (Lipinski definition) is 5. The lowest BCUT2D eigenvalue weighted by Gasteiger charge is -2.36. The number of aromatic nitrogens is 2. The van der Waals surface area contributed by atoms with Gasteiger partial charge in [-0.25, -0.2) is 0 Å². The molecule has 1 aromatic carbocycles. The van der Waals surface area contributed by atoms with Gasteiger partial charge in [0.25, 0.3) is 5.91 Å². The molecule has 2 aliphatic rings. The summed E-state index contributed by atoms with van der Waals surface area (Å²) in [5.41, 5.74) is 1.50. The smallest absolute Gasteiger partial charge is 0.274 e. The number of carbonyl (C=O) groups excluding carboxylic acids is 1. The Morgan fingerprint density at radius 3 is 2.46 bits per heavy atom. The van der Waals surface area contributed by atoms with E-state index in [0.29, 0.717) is 24.8 Å². The molecule has 1 aliphatic carbocycles. The molecule has 7 heteroatoms. The molecular weight excluding hydrogens is 374 g/mol. The minimum Gasteiger partial charge on any atom is -0.368 e. The van der Waals surface area contributed by atoms with Crippen molar-refractivity contribution in [2.45, 2.75) is 38.1 Å². The van der Waals surface area contributed by atoms with E-state index in [9.17, 15) is 4.79 Å². The Kier molecular flexibility index (Phi) is 5.95. The molecule has 0 unspecified atom stereocenters. The number of halogens is 1. The van der Waals surface area contributed by atoms with Crippen molar-refractivity contribution in [3.05, 3.63) is 47.1 Å². The van der Waals surface area contributed by atoms with E-state index in [-0.39, 0.29) is 5.91 Å². The van der Waals surface area contributed by atoms with E-state index in [1.165, 1.54) is 32.1 Å². The van der Waals surface area contributed by atoms with Crippen LogP contribution in [0.5, 0.6) is 0 Å². The predicted molar refractivity (Wildman–Crippen MR) is 112 cm³/mol. The molecule has 1 saturated heterocycles. The van der Waals surface area contributed by atoms with Crippen molar-refractivity contribution in [2.75, 3.05) is 36.4 Å². The van der Waals surface area contributed by atoms with E-state index < -0.39 is 0 Å². The second-order valence-electron chi connectivity index (χ2n) is 7.54. The molecule has 2 heterocycles. The predicted octanol–water partition coefficient (Wildman–Crippen LogP) is 3.84. The third-order valence-electron chi connectivity index (χ3n) is 5.58. The summed E-state index contributed by atoms with van der Waals surface area (Å²) >= 11 is 6.09. The molecule has 1 saturated carbocycles. The van der Waals surface area contributed by atoms with Gasteiger partial charge in [0.15, 0.2) is 5.69 Å². The standard InChI is InChI=1S/C21H26ClN5O/c22-16-5-4-8-18(15-16)26-11-13-27(14-12-26)21(28)19-9-10-20(25-24-19)23-17-6-2-1-3-7-17/h4-5,8-10,15,17H,1-3,6-7,11-14H2,(H,23,25). The number of piperazine rings is 1. The van der Waals surface area contributed by atoms with Crippen LogP contribution in [0, 0.1) is 0 Å². The summed E-state index contributed by atoms with van der Waals surface area (Å²) in [5, 5.41) is 12.6. The molecule has 148 valence electrons. The zero-order valence-corrected chi connectivity index (χ0v) is 16.7. The average molecular weight is 400 g/mol. The van der Waals surface area contributed by atoms with Crippen LogP contribution in [0.25, 0.3) is 0 Å². The van der Waals surface area contributed by atoms with E-state index in [2.05, 4.69) is 20.4 Å². The first kappa shape index (κ1) is 19.0. The number of nitrogens with zero attached hydrogens (tertiary/aromatic N) is 4. The normalized spacial score (nSPS) is 18.2. The zero-order chi connectivity index (χ0) is 19.3. The van der Waals surface area contributed by atoms with Crippen molar-refractivity contribution in [3.8, 4) is 0 Å². The highest BCUT2D eigenvalue weighted by molar-refractivity contribution is 6.30. The van der Waals surface area contributed by atoms with Gasteiger partial charge in [0.05, 0.1) is 0 Å². The Labute approximate surface area is 170 Å². The number of nitrogens with one attached hydrogen (secondary N) is 1. The fourth-order valence-corrected chi connectivity index (χ4v) is 4.17. The molecule has 1 N–H and O–H groups in total. The van der Waals surface area contributed by atoms with Crippen LogP contribution in [0.2, 0.25) is 5.02 Å². The summed E-state index contributed by atoms with van der Waals surface area (Å²) in [4.78, 5) is 16.9. The fraction of sp³-hybridized carbons (Fsp3) is 0.476. The van der Waals surface area contributed by atoms with Crippen molar-refractivity contribution in [3.63, 3.8) is 0 Å². The molecule has 0 bridgehead atoms. The van der Waals surface area contributed by atoms with Gasteiger partial charge in [0.2, 0.25) is 0 Å². The summed E-state index contributed by atoms with van der Waals surface area (Å²) in [6, 6.07) is 12.0. The maximum atomic E-state index is 12.8. The third kappa shape index (κ3) is 4.55. The number of carbonyl (C=O) groups is 1. The van der Waals surface area contributed by atoms with Crippen LogP contribution in [-0.4, -0.2) is 53.2 Å². The van der Waals surface area contributed by atoms with Crippen molar-refractivity contribution in [1.82, 2.24) is 15.1 Å². The summed E-state index contributed by atoms with van der Waals surface area (Å²) in [6.45, 7) is 2.88. The van der Waals surface area contributed by atoms with Crippen molar-refractivity contribution >= 4 is 29.0 Å². The number of hydrogen-bond donors (Lipinski definition) is 1.